The van der Waals surface area contributed by atoms with Crippen LogP contribution in [0.2, 0.25) is 0 Å². The third-order valence-electron chi connectivity index (χ3n) is 2.70. The topological polar surface area (TPSA) is 75.0 Å². The standard InChI is InChI=1S/C12H13N3O2/c13-3-1-5-17-12(16)10-6-9-7-14-4-2-11(9)15-8-10/h2,4,7,10,15H,1,5-6,8H2. The molecular formula is C12H13N3O2. The van der Waals surface area contributed by atoms with E-state index in [1.165, 1.54) is 0 Å². The summed E-state index contributed by atoms with van der Waals surface area (Å²) < 4.78 is 5.02. The van der Waals surface area contributed by atoms with Crippen LogP contribution in [-0.2, 0) is 16.0 Å². The molecule has 1 aromatic heterocycles. The minimum Gasteiger partial charge on any atom is -0.464 e. The number of anilines is 1. The van der Waals surface area contributed by atoms with Gasteiger partial charge in [-0.05, 0) is 18.1 Å². The van der Waals surface area contributed by atoms with Gasteiger partial charge in [-0.2, -0.15) is 5.26 Å². The van der Waals surface area contributed by atoms with Gasteiger partial charge >= 0.3 is 5.97 Å². The number of rotatable bonds is 3. The van der Waals surface area contributed by atoms with Crippen LogP contribution >= 0.6 is 0 Å². The summed E-state index contributed by atoms with van der Waals surface area (Å²) in [5.41, 5.74) is 2.06. The fourth-order valence-corrected chi connectivity index (χ4v) is 1.81. The minimum absolute atomic E-state index is 0.172. The lowest BCUT2D eigenvalue weighted by atomic mass is 9.95. The number of carbonyl (C=O) groups is 1. The molecule has 0 aromatic carbocycles. The Hall–Kier alpha value is -2.09. The van der Waals surface area contributed by atoms with Gasteiger partial charge in [-0.25, -0.2) is 0 Å². The Morgan fingerprint density at radius 3 is 3.41 bits per heavy atom. The van der Waals surface area contributed by atoms with Crippen LogP contribution in [0, 0.1) is 17.2 Å². The van der Waals surface area contributed by atoms with E-state index in [0.717, 1.165) is 11.3 Å². The van der Waals surface area contributed by atoms with Crippen molar-refractivity contribution < 1.29 is 9.53 Å². The first kappa shape index (κ1) is 11.4. The third-order valence-corrected chi connectivity index (χ3v) is 2.70. The second-order valence-electron chi connectivity index (χ2n) is 3.89. The van der Waals surface area contributed by atoms with Crippen LogP contribution in [0.4, 0.5) is 5.69 Å². The SMILES string of the molecule is N#CCCOC(=O)C1CNc2ccncc2C1. The van der Waals surface area contributed by atoms with Gasteiger partial charge in [-0.3, -0.25) is 9.78 Å². The summed E-state index contributed by atoms with van der Waals surface area (Å²) in [6, 6.07) is 3.83. The van der Waals surface area contributed by atoms with Crippen molar-refractivity contribution >= 4 is 11.7 Å². The number of nitrogens with zero attached hydrogens (tertiary/aromatic N) is 2. The Balaban J connectivity index is 1.93. The molecule has 5 heteroatoms. The number of aromatic nitrogens is 1. The van der Waals surface area contributed by atoms with E-state index in [-0.39, 0.29) is 24.9 Å². The smallest absolute Gasteiger partial charge is 0.311 e. The van der Waals surface area contributed by atoms with Crippen LogP contribution in [0.3, 0.4) is 0 Å². The first-order valence-corrected chi connectivity index (χ1v) is 5.51. The van der Waals surface area contributed by atoms with E-state index < -0.39 is 0 Å². The van der Waals surface area contributed by atoms with Crippen LogP contribution in [-0.4, -0.2) is 24.1 Å². The lowest BCUT2D eigenvalue weighted by Gasteiger charge is -2.24. The van der Waals surface area contributed by atoms with Crippen LogP contribution in [0.15, 0.2) is 18.5 Å². The number of nitrogens with one attached hydrogen (secondary N) is 1. The van der Waals surface area contributed by atoms with Gasteiger partial charge < -0.3 is 10.1 Å². The Morgan fingerprint density at radius 2 is 2.59 bits per heavy atom. The number of hydrogen-bond acceptors (Lipinski definition) is 5. The highest BCUT2D eigenvalue weighted by Crippen LogP contribution is 2.23. The van der Waals surface area contributed by atoms with Crippen LogP contribution in [0.1, 0.15) is 12.0 Å². The highest BCUT2D eigenvalue weighted by Gasteiger charge is 2.25. The highest BCUT2D eigenvalue weighted by atomic mass is 16.5. The molecule has 0 amide bonds. The first-order valence-electron chi connectivity index (χ1n) is 5.51. The molecule has 1 N–H and O–H groups in total. The molecule has 0 radical (unpaired) electrons. The van der Waals surface area contributed by atoms with Crippen LogP contribution in [0.25, 0.3) is 0 Å². The second kappa shape index (κ2) is 5.30. The van der Waals surface area contributed by atoms with Crippen molar-refractivity contribution in [3.63, 3.8) is 0 Å². The zero-order chi connectivity index (χ0) is 12.1. The second-order valence-corrected chi connectivity index (χ2v) is 3.89. The molecule has 0 spiro atoms. The molecule has 1 aliphatic rings. The summed E-state index contributed by atoms with van der Waals surface area (Å²) in [7, 11) is 0. The van der Waals surface area contributed by atoms with Crippen molar-refractivity contribution in [2.75, 3.05) is 18.5 Å². The maximum Gasteiger partial charge on any atom is 0.311 e. The Kier molecular flexibility index (Phi) is 3.55. The Morgan fingerprint density at radius 1 is 1.71 bits per heavy atom. The lowest BCUT2D eigenvalue weighted by Crippen LogP contribution is -2.31. The lowest BCUT2D eigenvalue weighted by molar-refractivity contribution is -0.147. The molecule has 0 bridgehead atoms. The van der Waals surface area contributed by atoms with Crippen LogP contribution < -0.4 is 5.32 Å². The van der Waals surface area contributed by atoms with Crippen molar-refractivity contribution in [3.05, 3.63) is 24.0 Å². The summed E-state index contributed by atoms with van der Waals surface area (Å²) in [6.45, 7) is 0.744. The molecule has 17 heavy (non-hydrogen) atoms. The van der Waals surface area contributed by atoms with Gasteiger partial charge in [-0.1, -0.05) is 0 Å². The van der Waals surface area contributed by atoms with Gasteiger partial charge in [-0.15, -0.1) is 0 Å². The zero-order valence-corrected chi connectivity index (χ0v) is 9.35. The van der Waals surface area contributed by atoms with Crippen molar-refractivity contribution in [2.24, 2.45) is 5.92 Å². The number of fused-ring (bicyclic) bond motifs is 1. The van der Waals surface area contributed by atoms with Gasteiger partial charge in [0, 0.05) is 24.6 Å². The molecule has 0 saturated heterocycles. The van der Waals surface area contributed by atoms with E-state index in [0.29, 0.717) is 13.0 Å². The normalized spacial score (nSPS) is 17.5. The molecule has 88 valence electrons. The third kappa shape index (κ3) is 2.72. The number of hydrogen-bond donors (Lipinski definition) is 1. The summed E-state index contributed by atoms with van der Waals surface area (Å²) in [5.74, 6) is -0.437. The number of nitriles is 1. The van der Waals surface area contributed by atoms with Crippen molar-refractivity contribution in [1.82, 2.24) is 4.98 Å². The van der Waals surface area contributed by atoms with E-state index in [4.69, 9.17) is 10.00 Å². The van der Waals surface area contributed by atoms with Crippen molar-refractivity contribution in [1.29, 1.82) is 5.26 Å². The maximum atomic E-state index is 11.7. The summed E-state index contributed by atoms with van der Waals surface area (Å²) in [5, 5.41) is 11.5. The predicted octanol–water partition coefficient (Wildman–Crippen LogP) is 1.12. The largest absolute Gasteiger partial charge is 0.464 e. The van der Waals surface area contributed by atoms with E-state index in [1.807, 2.05) is 12.1 Å². The highest BCUT2D eigenvalue weighted by molar-refractivity contribution is 5.75. The molecule has 2 rings (SSSR count). The van der Waals surface area contributed by atoms with E-state index in [9.17, 15) is 4.79 Å². The van der Waals surface area contributed by atoms with E-state index >= 15 is 0 Å². The van der Waals surface area contributed by atoms with Gasteiger partial charge in [0.1, 0.15) is 6.61 Å². The van der Waals surface area contributed by atoms with Gasteiger partial charge in [0.25, 0.3) is 0 Å². The molecule has 1 atom stereocenters. The van der Waals surface area contributed by atoms with Crippen molar-refractivity contribution in [3.8, 4) is 6.07 Å². The van der Waals surface area contributed by atoms with Gasteiger partial charge in [0.2, 0.25) is 0 Å². The number of esters is 1. The average molecular weight is 231 g/mol. The molecule has 1 aliphatic heterocycles. The number of carbonyl (C=O) groups excluding carboxylic acids is 1. The van der Waals surface area contributed by atoms with Gasteiger partial charge in [0.15, 0.2) is 0 Å². The average Bonchev–Trinajstić information content (AvgIpc) is 2.38. The molecular weight excluding hydrogens is 218 g/mol. The maximum absolute atomic E-state index is 11.7. The molecule has 1 unspecified atom stereocenters. The fourth-order valence-electron chi connectivity index (χ4n) is 1.81. The Bertz CT molecular complexity index is 453. The molecule has 0 saturated carbocycles. The minimum atomic E-state index is -0.248. The first-order chi connectivity index (χ1) is 8.31. The quantitative estimate of drug-likeness (QED) is 0.623. The summed E-state index contributed by atoms with van der Waals surface area (Å²) in [6.07, 6.45) is 4.36. The summed E-state index contributed by atoms with van der Waals surface area (Å²) in [4.78, 5) is 15.7. The van der Waals surface area contributed by atoms with Crippen LogP contribution in [0.5, 0.6) is 0 Å². The predicted molar refractivity (Wildman–Crippen MR) is 61.1 cm³/mol. The Labute approximate surface area is 99.4 Å². The van der Waals surface area contributed by atoms with Gasteiger partial charge in [0.05, 0.1) is 18.4 Å². The molecule has 2 heterocycles. The fraction of sp³-hybridized carbons (Fsp3) is 0.417. The van der Waals surface area contributed by atoms with E-state index in [2.05, 4.69) is 10.3 Å². The summed E-state index contributed by atoms with van der Waals surface area (Å²) >= 11 is 0. The van der Waals surface area contributed by atoms with Crippen molar-refractivity contribution in [2.45, 2.75) is 12.8 Å². The molecule has 0 fully saturated rings. The number of ether oxygens (including phenoxy) is 1. The number of pyridine rings is 1. The van der Waals surface area contributed by atoms with E-state index in [1.54, 1.807) is 12.4 Å². The monoisotopic (exact) mass is 231 g/mol. The molecule has 5 nitrogen and oxygen atoms in total. The zero-order valence-electron chi connectivity index (χ0n) is 9.35. The molecule has 1 aromatic rings. The molecule has 0 aliphatic carbocycles.